The molecule has 2 aromatic rings. The van der Waals surface area contributed by atoms with Crippen LogP contribution in [-0.4, -0.2) is 36.1 Å². The second-order valence-electron chi connectivity index (χ2n) is 4.22. The molecule has 3 heterocycles. The lowest BCUT2D eigenvalue weighted by Gasteiger charge is -2.28. The van der Waals surface area contributed by atoms with Crippen LogP contribution in [0.3, 0.4) is 0 Å². The van der Waals surface area contributed by atoms with E-state index in [2.05, 4.69) is 33.2 Å². The van der Waals surface area contributed by atoms with Crippen LogP contribution < -0.4 is 10.2 Å². The van der Waals surface area contributed by atoms with E-state index in [0.717, 1.165) is 43.2 Å². The van der Waals surface area contributed by atoms with Gasteiger partial charge in [0.25, 0.3) is 0 Å². The van der Waals surface area contributed by atoms with E-state index in [9.17, 15) is 0 Å². The van der Waals surface area contributed by atoms with Crippen molar-refractivity contribution in [2.45, 2.75) is 13.3 Å². The zero-order chi connectivity index (χ0) is 11.7. The van der Waals surface area contributed by atoms with E-state index in [1.807, 2.05) is 0 Å². The molecule has 3 rings (SSSR count). The van der Waals surface area contributed by atoms with Crippen molar-refractivity contribution in [3.63, 3.8) is 0 Å². The van der Waals surface area contributed by atoms with Crippen LogP contribution in [0.4, 0.5) is 5.82 Å². The molecule has 0 radical (unpaired) electrons. The summed E-state index contributed by atoms with van der Waals surface area (Å²) in [6.45, 7) is 6.32. The Bertz CT molecular complexity index is 516. The molecule has 90 valence electrons. The molecule has 4 nitrogen and oxygen atoms in total. The number of piperazine rings is 1. The summed E-state index contributed by atoms with van der Waals surface area (Å²) in [6, 6.07) is 2.25. The minimum Gasteiger partial charge on any atom is -0.353 e. The lowest BCUT2D eigenvalue weighted by molar-refractivity contribution is 0.586. The van der Waals surface area contributed by atoms with Gasteiger partial charge in [-0.15, -0.1) is 11.3 Å². The maximum Gasteiger partial charge on any atom is 0.140 e. The van der Waals surface area contributed by atoms with Crippen LogP contribution in [0.25, 0.3) is 10.2 Å². The van der Waals surface area contributed by atoms with E-state index in [0.29, 0.717) is 0 Å². The molecule has 1 aliphatic rings. The van der Waals surface area contributed by atoms with Crippen LogP contribution in [0.5, 0.6) is 0 Å². The van der Waals surface area contributed by atoms with Gasteiger partial charge in [0.1, 0.15) is 17.0 Å². The Morgan fingerprint density at radius 2 is 2.18 bits per heavy atom. The predicted octanol–water partition coefficient (Wildman–Crippen LogP) is 1.66. The molecular weight excluding hydrogens is 232 g/mol. The van der Waals surface area contributed by atoms with Gasteiger partial charge < -0.3 is 10.2 Å². The zero-order valence-electron chi connectivity index (χ0n) is 9.94. The molecule has 2 aromatic heterocycles. The highest BCUT2D eigenvalue weighted by Gasteiger charge is 2.16. The number of aryl methyl sites for hydroxylation is 1. The molecule has 1 fully saturated rings. The topological polar surface area (TPSA) is 41.0 Å². The number of hydrogen-bond acceptors (Lipinski definition) is 5. The summed E-state index contributed by atoms with van der Waals surface area (Å²) in [5, 5.41) is 4.59. The summed E-state index contributed by atoms with van der Waals surface area (Å²) in [4.78, 5) is 13.7. The highest BCUT2D eigenvalue weighted by atomic mass is 32.1. The fraction of sp³-hybridized carbons (Fsp3) is 0.500. The lowest BCUT2D eigenvalue weighted by Crippen LogP contribution is -2.43. The van der Waals surface area contributed by atoms with Crippen LogP contribution in [0.1, 0.15) is 11.8 Å². The third kappa shape index (κ3) is 2.00. The molecule has 0 aromatic carbocycles. The molecule has 1 N–H and O–H groups in total. The van der Waals surface area contributed by atoms with Crippen LogP contribution in [0, 0.1) is 0 Å². The quantitative estimate of drug-likeness (QED) is 0.877. The van der Waals surface area contributed by atoms with Gasteiger partial charge in [-0.05, 0) is 12.5 Å². The Morgan fingerprint density at radius 3 is 2.94 bits per heavy atom. The first-order chi connectivity index (χ1) is 8.38. The number of nitrogens with zero attached hydrogens (tertiary/aromatic N) is 3. The average Bonchev–Trinajstić information content (AvgIpc) is 2.82. The Hall–Kier alpha value is -1.20. The summed E-state index contributed by atoms with van der Waals surface area (Å²) in [7, 11) is 0. The van der Waals surface area contributed by atoms with Gasteiger partial charge >= 0.3 is 0 Å². The van der Waals surface area contributed by atoms with Gasteiger partial charge in [-0.2, -0.15) is 0 Å². The summed E-state index contributed by atoms with van der Waals surface area (Å²) in [5.41, 5.74) is 0. The highest BCUT2D eigenvalue weighted by molar-refractivity contribution is 7.18. The van der Waals surface area contributed by atoms with Crippen molar-refractivity contribution in [2.75, 3.05) is 31.1 Å². The molecule has 17 heavy (non-hydrogen) atoms. The molecule has 0 bridgehead atoms. The van der Waals surface area contributed by atoms with Crippen molar-refractivity contribution in [3.05, 3.63) is 17.3 Å². The first-order valence-electron chi connectivity index (χ1n) is 6.07. The number of thiophene rings is 1. The van der Waals surface area contributed by atoms with Crippen molar-refractivity contribution in [1.29, 1.82) is 0 Å². The Morgan fingerprint density at radius 1 is 1.35 bits per heavy atom. The number of fused-ring (bicyclic) bond motifs is 1. The summed E-state index contributed by atoms with van der Waals surface area (Å²) in [6.07, 6.45) is 2.76. The van der Waals surface area contributed by atoms with Gasteiger partial charge in [0, 0.05) is 31.1 Å². The summed E-state index contributed by atoms with van der Waals surface area (Å²) >= 11 is 1.78. The lowest BCUT2D eigenvalue weighted by atomic mass is 10.2. The minimum absolute atomic E-state index is 1.03. The van der Waals surface area contributed by atoms with E-state index >= 15 is 0 Å². The second kappa shape index (κ2) is 4.58. The van der Waals surface area contributed by atoms with Crippen molar-refractivity contribution < 1.29 is 0 Å². The number of hydrogen-bond donors (Lipinski definition) is 1. The molecule has 0 amide bonds. The van der Waals surface area contributed by atoms with Crippen molar-refractivity contribution in [1.82, 2.24) is 15.3 Å². The molecule has 1 saturated heterocycles. The van der Waals surface area contributed by atoms with Crippen molar-refractivity contribution >= 4 is 27.4 Å². The zero-order valence-corrected chi connectivity index (χ0v) is 10.8. The van der Waals surface area contributed by atoms with Gasteiger partial charge in [0.2, 0.25) is 0 Å². The molecular formula is C12H16N4S. The molecule has 5 heteroatoms. The fourth-order valence-electron chi connectivity index (χ4n) is 2.20. The molecule has 0 aliphatic carbocycles. The van der Waals surface area contributed by atoms with Crippen molar-refractivity contribution in [3.8, 4) is 0 Å². The van der Waals surface area contributed by atoms with Crippen LogP contribution in [0.15, 0.2) is 12.4 Å². The number of nitrogens with one attached hydrogen (secondary N) is 1. The first kappa shape index (κ1) is 10.9. The molecule has 0 saturated carbocycles. The third-order valence-electron chi connectivity index (χ3n) is 3.12. The maximum absolute atomic E-state index is 4.47. The maximum atomic E-state index is 4.47. The molecule has 0 spiro atoms. The Kier molecular flexibility index (Phi) is 2.94. The monoisotopic (exact) mass is 248 g/mol. The van der Waals surface area contributed by atoms with Gasteiger partial charge in [-0.1, -0.05) is 6.92 Å². The van der Waals surface area contributed by atoms with Crippen molar-refractivity contribution in [2.24, 2.45) is 0 Å². The van der Waals surface area contributed by atoms with E-state index in [-0.39, 0.29) is 0 Å². The van der Waals surface area contributed by atoms with Crippen LogP contribution >= 0.6 is 11.3 Å². The van der Waals surface area contributed by atoms with E-state index < -0.39 is 0 Å². The van der Waals surface area contributed by atoms with Gasteiger partial charge in [-0.3, -0.25) is 0 Å². The van der Waals surface area contributed by atoms with Crippen LogP contribution in [-0.2, 0) is 6.42 Å². The SMILES string of the molecule is CCc1cc2c(N3CCNCC3)ncnc2s1. The molecule has 1 aliphatic heterocycles. The third-order valence-corrected chi connectivity index (χ3v) is 4.31. The largest absolute Gasteiger partial charge is 0.353 e. The minimum atomic E-state index is 1.03. The number of rotatable bonds is 2. The first-order valence-corrected chi connectivity index (χ1v) is 6.89. The van der Waals surface area contributed by atoms with Gasteiger partial charge in [0.15, 0.2) is 0 Å². The fourth-order valence-corrected chi connectivity index (χ4v) is 3.13. The average molecular weight is 248 g/mol. The van der Waals surface area contributed by atoms with E-state index in [1.54, 1.807) is 17.7 Å². The normalized spacial score (nSPS) is 16.6. The van der Waals surface area contributed by atoms with E-state index in [4.69, 9.17) is 0 Å². The van der Waals surface area contributed by atoms with Crippen LogP contribution in [0.2, 0.25) is 0 Å². The smallest absolute Gasteiger partial charge is 0.140 e. The van der Waals surface area contributed by atoms with Gasteiger partial charge in [0.05, 0.1) is 5.39 Å². The van der Waals surface area contributed by atoms with E-state index in [1.165, 1.54) is 10.3 Å². The van der Waals surface area contributed by atoms with Gasteiger partial charge in [-0.25, -0.2) is 9.97 Å². The molecule has 0 unspecified atom stereocenters. The number of anilines is 1. The highest BCUT2D eigenvalue weighted by Crippen LogP contribution is 2.30. The Labute approximate surface area is 105 Å². The molecule has 0 atom stereocenters. The Balaban J connectivity index is 2.05. The second-order valence-corrected chi connectivity index (χ2v) is 5.33. The number of aromatic nitrogens is 2. The summed E-state index contributed by atoms with van der Waals surface area (Å²) in [5.74, 6) is 1.10. The standard InChI is InChI=1S/C12H16N4S/c1-2-9-7-10-11(14-8-15-12(10)17-9)16-5-3-13-4-6-16/h7-8,13H,2-6H2,1H3. The summed E-state index contributed by atoms with van der Waals surface area (Å²) < 4.78 is 0. The predicted molar refractivity (Wildman–Crippen MR) is 71.9 cm³/mol.